The van der Waals surface area contributed by atoms with Crippen molar-refractivity contribution in [3.05, 3.63) is 52.3 Å². The first kappa shape index (κ1) is 22.8. The number of nitrogens with one attached hydrogen (secondary N) is 1. The second-order valence-corrected chi connectivity index (χ2v) is 10.2. The number of benzene rings is 2. The minimum absolute atomic E-state index is 0.260. The van der Waals surface area contributed by atoms with Gasteiger partial charge in [0.1, 0.15) is 9.84 Å². The zero-order valence-electron chi connectivity index (χ0n) is 17.7. The van der Waals surface area contributed by atoms with Crippen LogP contribution in [0.25, 0.3) is 10.1 Å². The molecule has 0 saturated heterocycles. The van der Waals surface area contributed by atoms with Crippen LogP contribution in [-0.4, -0.2) is 44.0 Å². The van der Waals surface area contributed by atoms with Gasteiger partial charge in [-0.1, -0.05) is 23.7 Å². The van der Waals surface area contributed by atoms with Gasteiger partial charge >= 0.3 is 0 Å². The SMILES string of the molecule is CCOc1cc([C@@H](CS(C)(=O)=O)n2sc3c(NC(C)=O)cccc3c2=O)ccc1OC. The molecule has 31 heavy (non-hydrogen) atoms. The number of hydrogen-bond acceptors (Lipinski definition) is 7. The number of amides is 1. The first-order chi connectivity index (χ1) is 14.6. The number of carbonyl (C=O) groups excluding carboxylic acids is 1. The third-order valence-electron chi connectivity index (χ3n) is 4.56. The third kappa shape index (κ3) is 5.08. The molecule has 0 aliphatic rings. The highest BCUT2D eigenvalue weighted by molar-refractivity contribution is 7.90. The van der Waals surface area contributed by atoms with Crippen molar-refractivity contribution in [1.29, 1.82) is 0 Å². The van der Waals surface area contributed by atoms with Crippen molar-refractivity contribution in [2.75, 3.05) is 31.0 Å². The summed E-state index contributed by atoms with van der Waals surface area (Å²) in [5, 5.41) is 3.13. The summed E-state index contributed by atoms with van der Waals surface area (Å²) in [5.74, 6) is 0.450. The molecule has 3 rings (SSSR count). The molecule has 10 heteroatoms. The number of fused-ring (bicyclic) bond motifs is 1. The minimum Gasteiger partial charge on any atom is -0.493 e. The molecule has 0 bridgehead atoms. The van der Waals surface area contributed by atoms with Gasteiger partial charge in [-0.05, 0) is 36.8 Å². The van der Waals surface area contributed by atoms with Crippen molar-refractivity contribution in [2.45, 2.75) is 19.9 Å². The zero-order valence-corrected chi connectivity index (χ0v) is 19.3. The Balaban J connectivity index is 2.22. The van der Waals surface area contributed by atoms with Gasteiger partial charge in [0, 0.05) is 13.2 Å². The van der Waals surface area contributed by atoms with Crippen LogP contribution in [0.2, 0.25) is 0 Å². The first-order valence-corrected chi connectivity index (χ1v) is 12.4. The number of anilines is 1. The van der Waals surface area contributed by atoms with Crippen LogP contribution in [0, 0.1) is 0 Å². The van der Waals surface area contributed by atoms with Gasteiger partial charge in [0.2, 0.25) is 5.91 Å². The van der Waals surface area contributed by atoms with E-state index in [0.717, 1.165) is 17.8 Å². The van der Waals surface area contributed by atoms with Crippen molar-refractivity contribution < 1.29 is 22.7 Å². The molecule has 1 heterocycles. The van der Waals surface area contributed by atoms with Crippen molar-refractivity contribution in [3.63, 3.8) is 0 Å². The van der Waals surface area contributed by atoms with Crippen molar-refractivity contribution >= 4 is 43.1 Å². The molecule has 0 spiro atoms. The molecule has 0 saturated carbocycles. The fourth-order valence-electron chi connectivity index (χ4n) is 3.31. The average molecular weight is 465 g/mol. The van der Waals surface area contributed by atoms with E-state index in [4.69, 9.17) is 9.47 Å². The summed E-state index contributed by atoms with van der Waals surface area (Å²) >= 11 is 1.12. The Morgan fingerprint density at radius 1 is 1.23 bits per heavy atom. The van der Waals surface area contributed by atoms with Crippen molar-refractivity contribution in [2.24, 2.45) is 0 Å². The van der Waals surface area contributed by atoms with Crippen molar-refractivity contribution in [1.82, 2.24) is 3.96 Å². The van der Waals surface area contributed by atoms with Gasteiger partial charge in [0.05, 0.1) is 41.3 Å². The molecule has 0 fully saturated rings. The highest BCUT2D eigenvalue weighted by atomic mass is 32.2. The van der Waals surface area contributed by atoms with Gasteiger partial charge in [-0.15, -0.1) is 0 Å². The summed E-state index contributed by atoms with van der Waals surface area (Å²) < 4.78 is 37.4. The molecule has 0 aliphatic carbocycles. The van der Waals surface area contributed by atoms with E-state index in [1.54, 1.807) is 36.4 Å². The first-order valence-electron chi connectivity index (χ1n) is 9.55. The Morgan fingerprint density at radius 2 is 1.97 bits per heavy atom. The van der Waals surface area contributed by atoms with E-state index in [1.807, 2.05) is 6.92 Å². The number of nitrogens with zero attached hydrogens (tertiary/aromatic N) is 1. The van der Waals surface area contributed by atoms with E-state index in [2.05, 4.69) is 5.32 Å². The molecule has 0 radical (unpaired) electrons. The Labute approximate surface area is 184 Å². The fraction of sp³-hybridized carbons (Fsp3) is 0.333. The van der Waals surface area contributed by atoms with Gasteiger partial charge < -0.3 is 14.8 Å². The number of ether oxygens (including phenoxy) is 2. The van der Waals surface area contributed by atoms with Gasteiger partial charge in [0.25, 0.3) is 5.56 Å². The van der Waals surface area contributed by atoms with Crippen LogP contribution >= 0.6 is 11.5 Å². The van der Waals surface area contributed by atoms with Crippen LogP contribution in [-0.2, 0) is 14.6 Å². The predicted molar refractivity (Wildman–Crippen MR) is 122 cm³/mol. The summed E-state index contributed by atoms with van der Waals surface area (Å²) in [6.07, 6.45) is 1.13. The lowest BCUT2D eigenvalue weighted by molar-refractivity contribution is -0.114. The van der Waals surface area contributed by atoms with Crippen LogP contribution in [0.3, 0.4) is 0 Å². The van der Waals surface area contributed by atoms with Crippen molar-refractivity contribution in [3.8, 4) is 11.5 Å². The number of sulfone groups is 1. The van der Waals surface area contributed by atoms with E-state index in [1.165, 1.54) is 18.0 Å². The predicted octanol–water partition coefficient (Wildman–Crippen LogP) is 3.06. The van der Waals surface area contributed by atoms with Crippen LogP contribution in [0.4, 0.5) is 5.69 Å². The molecule has 0 aliphatic heterocycles. The number of rotatable bonds is 8. The Morgan fingerprint density at radius 3 is 2.58 bits per heavy atom. The number of aromatic nitrogens is 1. The Kier molecular flexibility index (Phi) is 6.71. The lowest BCUT2D eigenvalue weighted by Crippen LogP contribution is -2.26. The maximum absolute atomic E-state index is 13.2. The number of hydrogen-bond donors (Lipinski definition) is 1. The van der Waals surface area contributed by atoms with E-state index in [0.29, 0.717) is 39.4 Å². The molecular weight excluding hydrogens is 440 g/mol. The van der Waals surface area contributed by atoms with Gasteiger partial charge in [-0.2, -0.15) is 0 Å². The van der Waals surface area contributed by atoms with Crippen LogP contribution in [0.5, 0.6) is 11.5 Å². The second kappa shape index (κ2) is 9.11. The van der Waals surface area contributed by atoms with E-state index >= 15 is 0 Å². The summed E-state index contributed by atoms with van der Waals surface area (Å²) in [6.45, 7) is 3.62. The molecule has 1 N–H and O–H groups in total. The van der Waals surface area contributed by atoms with Crippen LogP contribution in [0.1, 0.15) is 25.5 Å². The number of carbonyl (C=O) groups is 1. The Hall–Kier alpha value is -2.85. The molecule has 166 valence electrons. The fourth-order valence-corrected chi connectivity index (χ4v) is 5.49. The Bertz CT molecular complexity index is 1280. The van der Waals surface area contributed by atoms with E-state index < -0.39 is 15.9 Å². The summed E-state index contributed by atoms with van der Waals surface area (Å²) in [6, 6.07) is 9.39. The summed E-state index contributed by atoms with van der Waals surface area (Å²) in [5.41, 5.74) is 0.785. The standard InChI is InChI=1S/C21H24N2O6S2/c1-5-29-19-11-14(9-10-18(19)28-3)17(12-31(4,26)27)23-21(25)15-7-6-8-16(20(15)30-23)22-13(2)24/h6-11,17H,5,12H2,1-4H3,(H,22,24)/t17-/m1/s1. The van der Waals surface area contributed by atoms with Gasteiger partial charge in [-0.25, -0.2) is 8.42 Å². The normalized spacial score (nSPS) is 12.5. The van der Waals surface area contributed by atoms with E-state index in [-0.39, 0.29) is 17.2 Å². The van der Waals surface area contributed by atoms with Gasteiger partial charge in [0.15, 0.2) is 11.5 Å². The molecule has 0 unspecified atom stereocenters. The second-order valence-electron chi connectivity index (χ2n) is 7.04. The average Bonchev–Trinajstić information content (AvgIpc) is 3.03. The maximum Gasteiger partial charge on any atom is 0.269 e. The van der Waals surface area contributed by atoms with Gasteiger partial charge in [-0.3, -0.25) is 13.5 Å². The minimum atomic E-state index is -3.44. The largest absolute Gasteiger partial charge is 0.493 e. The molecule has 1 aromatic heterocycles. The highest BCUT2D eigenvalue weighted by Crippen LogP contribution is 2.34. The smallest absolute Gasteiger partial charge is 0.269 e. The summed E-state index contributed by atoms with van der Waals surface area (Å²) in [7, 11) is -1.92. The van der Waals surface area contributed by atoms with Crippen LogP contribution in [0.15, 0.2) is 41.2 Å². The summed E-state index contributed by atoms with van der Waals surface area (Å²) in [4.78, 5) is 24.8. The zero-order chi connectivity index (χ0) is 22.8. The molecule has 1 amide bonds. The number of methoxy groups -OCH3 is 1. The topological polar surface area (TPSA) is 104 Å². The molecule has 8 nitrogen and oxygen atoms in total. The molecule has 3 aromatic rings. The van der Waals surface area contributed by atoms with E-state index in [9.17, 15) is 18.0 Å². The maximum atomic E-state index is 13.2. The lowest BCUT2D eigenvalue weighted by Gasteiger charge is -2.19. The molecule has 1 atom stereocenters. The monoisotopic (exact) mass is 464 g/mol. The van der Waals surface area contributed by atoms with Crippen LogP contribution < -0.4 is 20.3 Å². The molecule has 2 aromatic carbocycles. The lowest BCUT2D eigenvalue weighted by atomic mass is 10.1. The third-order valence-corrected chi connectivity index (χ3v) is 6.72. The quantitative estimate of drug-likeness (QED) is 0.550. The molecular formula is C21H24N2O6S2. The highest BCUT2D eigenvalue weighted by Gasteiger charge is 2.25.